The Kier molecular flexibility index (Phi) is 5.95. The minimum atomic E-state index is -3.59. The van der Waals surface area contributed by atoms with Crippen LogP contribution >= 0.6 is 0 Å². The first kappa shape index (κ1) is 22.4. The normalized spacial score (nSPS) is 22.1. The zero-order chi connectivity index (χ0) is 23.2. The molecule has 1 saturated carbocycles. The number of benzene rings is 2. The highest BCUT2D eigenvalue weighted by molar-refractivity contribution is 7.89. The summed E-state index contributed by atoms with van der Waals surface area (Å²) in [6, 6.07) is 13.8. The minimum Gasteiger partial charge on any atom is -0.366 e. The second kappa shape index (κ2) is 8.76. The largest absolute Gasteiger partial charge is 0.366 e. The molecule has 3 aliphatic rings. The van der Waals surface area contributed by atoms with Crippen LogP contribution in [0.1, 0.15) is 43.7 Å². The second-order valence-corrected chi connectivity index (χ2v) is 11.7. The van der Waals surface area contributed by atoms with Crippen LogP contribution in [-0.4, -0.2) is 50.9 Å². The van der Waals surface area contributed by atoms with Crippen molar-refractivity contribution in [3.63, 3.8) is 0 Å². The molecular formula is C26H33N3O3S. The third-order valence-corrected chi connectivity index (χ3v) is 9.31. The first-order chi connectivity index (χ1) is 15.8. The Hall–Kier alpha value is -2.38. The van der Waals surface area contributed by atoms with Crippen LogP contribution < -0.4 is 9.80 Å². The Labute approximate surface area is 197 Å². The number of piperazine rings is 1. The van der Waals surface area contributed by atoms with Crippen LogP contribution in [-0.2, 0) is 21.2 Å². The third-order valence-electron chi connectivity index (χ3n) is 7.45. The van der Waals surface area contributed by atoms with Crippen molar-refractivity contribution in [2.45, 2.75) is 56.9 Å². The van der Waals surface area contributed by atoms with E-state index in [9.17, 15) is 13.2 Å². The number of sulfonamides is 1. The van der Waals surface area contributed by atoms with E-state index >= 15 is 0 Å². The topological polar surface area (TPSA) is 60.9 Å². The molecule has 6 nitrogen and oxygen atoms in total. The van der Waals surface area contributed by atoms with Gasteiger partial charge in [0, 0.05) is 49.5 Å². The second-order valence-electron chi connectivity index (χ2n) is 9.76. The molecular weight excluding hydrogens is 434 g/mol. The number of carbonyl (C=O) groups is 1. The summed E-state index contributed by atoms with van der Waals surface area (Å²) in [6.07, 6.45) is 4.77. The lowest BCUT2D eigenvalue weighted by atomic mass is 9.83. The highest BCUT2D eigenvalue weighted by atomic mass is 32.2. The number of hydrogen-bond donors (Lipinski definition) is 0. The smallest absolute Gasteiger partial charge is 0.243 e. The number of carbonyl (C=O) groups excluding carboxylic acids is 1. The maximum Gasteiger partial charge on any atom is 0.243 e. The average molecular weight is 468 g/mol. The molecule has 2 fully saturated rings. The molecule has 1 aliphatic carbocycles. The van der Waals surface area contributed by atoms with Crippen molar-refractivity contribution in [3.8, 4) is 0 Å². The summed E-state index contributed by atoms with van der Waals surface area (Å²) >= 11 is 0. The summed E-state index contributed by atoms with van der Waals surface area (Å²) in [5.74, 6) is 0.351. The molecule has 33 heavy (non-hydrogen) atoms. The Morgan fingerprint density at radius 3 is 2.52 bits per heavy atom. The molecule has 0 radical (unpaired) electrons. The quantitative estimate of drug-likeness (QED) is 0.683. The van der Waals surface area contributed by atoms with Gasteiger partial charge in [-0.25, -0.2) is 8.42 Å². The fourth-order valence-electron chi connectivity index (χ4n) is 5.32. The van der Waals surface area contributed by atoms with Crippen molar-refractivity contribution in [3.05, 3.63) is 53.6 Å². The van der Waals surface area contributed by atoms with Gasteiger partial charge in [0.1, 0.15) is 0 Å². The van der Waals surface area contributed by atoms with Crippen LogP contribution in [0.4, 0.5) is 11.4 Å². The van der Waals surface area contributed by atoms with E-state index < -0.39 is 10.0 Å². The van der Waals surface area contributed by atoms with Gasteiger partial charge in [0.2, 0.25) is 15.9 Å². The van der Waals surface area contributed by atoms with E-state index in [-0.39, 0.29) is 17.9 Å². The summed E-state index contributed by atoms with van der Waals surface area (Å²) in [7, 11) is -3.59. The summed E-state index contributed by atoms with van der Waals surface area (Å²) in [5.41, 5.74) is 4.22. The van der Waals surface area contributed by atoms with E-state index in [2.05, 4.69) is 36.9 Å². The zero-order valence-electron chi connectivity index (χ0n) is 19.5. The molecule has 0 spiro atoms. The molecule has 2 aliphatic heterocycles. The molecule has 2 aromatic rings. The Balaban J connectivity index is 1.34. The Morgan fingerprint density at radius 2 is 1.82 bits per heavy atom. The fraction of sp³-hybridized carbons (Fsp3) is 0.500. The lowest BCUT2D eigenvalue weighted by Crippen LogP contribution is -2.53. The van der Waals surface area contributed by atoms with Crippen molar-refractivity contribution in [2.75, 3.05) is 36.0 Å². The van der Waals surface area contributed by atoms with Crippen molar-refractivity contribution in [1.29, 1.82) is 0 Å². The van der Waals surface area contributed by atoms with E-state index in [1.165, 1.54) is 5.56 Å². The van der Waals surface area contributed by atoms with Gasteiger partial charge in [-0.1, -0.05) is 18.6 Å². The minimum absolute atomic E-state index is 0.0866. The van der Waals surface area contributed by atoms with E-state index in [1.54, 1.807) is 10.4 Å². The van der Waals surface area contributed by atoms with Crippen molar-refractivity contribution in [1.82, 2.24) is 4.31 Å². The molecule has 5 rings (SSSR count). The van der Waals surface area contributed by atoms with Crippen molar-refractivity contribution < 1.29 is 13.2 Å². The zero-order valence-corrected chi connectivity index (χ0v) is 20.4. The number of aryl methyl sites for hydroxylation is 2. The first-order valence-electron chi connectivity index (χ1n) is 12.1. The van der Waals surface area contributed by atoms with Gasteiger partial charge in [-0.05, 0) is 81.0 Å². The molecule has 0 bridgehead atoms. The lowest BCUT2D eigenvalue weighted by molar-refractivity contribution is -0.124. The fourth-order valence-corrected chi connectivity index (χ4v) is 6.88. The highest BCUT2D eigenvalue weighted by Gasteiger charge is 2.35. The number of rotatable bonds is 4. The summed E-state index contributed by atoms with van der Waals surface area (Å²) in [4.78, 5) is 17.4. The molecule has 1 saturated heterocycles. The van der Waals surface area contributed by atoms with Gasteiger partial charge in [0.25, 0.3) is 0 Å². The van der Waals surface area contributed by atoms with Gasteiger partial charge >= 0.3 is 0 Å². The average Bonchev–Trinajstić information content (AvgIpc) is 2.77. The molecule has 0 N–H and O–H groups in total. The number of fused-ring (bicyclic) bond motifs is 1. The third kappa shape index (κ3) is 4.17. The van der Waals surface area contributed by atoms with E-state index in [0.29, 0.717) is 24.5 Å². The molecule has 0 unspecified atom stereocenters. The van der Waals surface area contributed by atoms with Gasteiger partial charge in [0.05, 0.1) is 4.90 Å². The number of anilines is 2. The monoisotopic (exact) mass is 467 g/mol. The van der Waals surface area contributed by atoms with Gasteiger partial charge in [-0.3, -0.25) is 4.79 Å². The summed E-state index contributed by atoms with van der Waals surface area (Å²) < 4.78 is 28.7. The van der Waals surface area contributed by atoms with Crippen molar-refractivity contribution >= 4 is 27.3 Å². The number of hydrogen-bond acceptors (Lipinski definition) is 4. The van der Waals surface area contributed by atoms with Gasteiger partial charge in [-0.15, -0.1) is 0 Å². The van der Waals surface area contributed by atoms with Crippen LogP contribution in [0.2, 0.25) is 0 Å². The van der Waals surface area contributed by atoms with Crippen LogP contribution in [0.3, 0.4) is 0 Å². The SMILES string of the molecule is Cc1cccc(N2CCN(S(=O)(=O)c3ccc4c(c3)CCCN4C(=O)C3CCC3)C[C@H]2C)c1. The van der Waals surface area contributed by atoms with Crippen LogP contribution in [0.15, 0.2) is 47.4 Å². The van der Waals surface area contributed by atoms with Crippen LogP contribution in [0.5, 0.6) is 0 Å². The molecule has 176 valence electrons. The predicted octanol–water partition coefficient (Wildman–Crippen LogP) is 3.97. The molecule has 1 atom stereocenters. The number of nitrogens with zero attached hydrogens (tertiary/aromatic N) is 3. The molecule has 1 amide bonds. The molecule has 7 heteroatoms. The maximum atomic E-state index is 13.5. The van der Waals surface area contributed by atoms with E-state index in [4.69, 9.17) is 0 Å². The summed E-state index contributed by atoms with van der Waals surface area (Å²) in [5, 5.41) is 0. The first-order valence-corrected chi connectivity index (χ1v) is 13.6. The van der Waals surface area contributed by atoms with Gasteiger partial charge in [0.15, 0.2) is 0 Å². The standard InChI is InChI=1S/C26H33N3O3S/c1-19-6-3-10-23(16-19)28-15-14-27(18-20(28)2)33(31,32)24-11-12-25-22(17-24)9-5-13-29(25)26(30)21-7-4-8-21/h3,6,10-12,16-17,20-21H,4-5,7-9,13-15,18H2,1-2H3/t20-/m1/s1. The van der Waals surface area contributed by atoms with Gasteiger partial charge in [-0.2, -0.15) is 4.31 Å². The predicted molar refractivity (Wildman–Crippen MR) is 131 cm³/mol. The van der Waals surface area contributed by atoms with E-state index in [1.807, 2.05) is 23.1 Å². The highest BCUT2D eigenvalue weighted by Crippen LogP contribution is 2.35. The van der Waals surface area contributed by atoms with Crippen LogP contribution in [0.25, 0.3) is 0 Å². The number of amides is 1. The maximum absolute atomic E-state index is 13.5. The summed E-state index contributed by atoms with van der Waals surface area (Å²) in [6.45, 7) is 6.47. The Morgan fingerprint density at radius 1 is 1.00 bits per heavy atom. The van der Waals surface area contributed by atoms with Crippen LogP contribution in [0, 0.1) is 12.8 Å². The van der Waals surface area contributed by atoms with Gasteiger partial charge < -0.3 is 9.80 Å². The van der Waals surface area contributed by atoms with Crippen molar-refractivity contribution in [2.24, 2.45) is 5.92 Å². The Bertz CT molecular complexity index is 1160. The lowest BCUT2D eigenvalue weighted by Gasteiger charge is -2.41. The molecule has 2 aromatic carbocycles. The molecule has 0 aromatic heterocycles. The molecule has 2 heterocycles. The van der Waals surface area contributed by atoms with E-state index in [0.717, 1.165) is 55.6 Å².